The molecular weight excluding hydrogens is 230 g/mol. The van der Waals surface area contributed by atoms with Crippen LogP contribution in [-0.4, -0.2) is 35.1 Å². The summed E-state index contributed by atoms with van der Waals surface area (Å²) in [5.74, 6) is 0.270. The third-order valence-corrected chi connectivity index (χ3v) is 3.18. The van der Waals surface area contributed by atoms with Gasteiger partial charge in [-0.3, -0.25) is 4.79 Å². The summed E-state index contributed by atoms with van der Waals surface area (Å²) < 4.78 is 5.55. The number of H-pyrrole nitrogens is 1. The van der Waals surface area contributed by atoms with Crippen molar-refractivity contribution in [2.75, 3.05) is 13.2 Å². The van der Waals surface area contributed by atoms with Crippen LogP contribution in [0.5, 0.6) is 0 Å². The minimum absolute atomic E-state index is 0.125. The minimum Gasteiger partial charge on any atom is -0.378 e. The van der Waals surface area contributed by atoms with E-state index in [1.165, 1.54) is 12.8 Å². The van der Waals surface area contributed by atoms with E-state index in [1.807, 2.05) is 6.92 Å². The number of aryl methyl sites for hydroxylation is 1. The van der Waals surface area contributed by atoms with Crippen molar-refractivity contribution < 1.29 is 9.53 Å². The van der Waals surface area contributed by atoms with Gasteiger partial charge in [0.25, 0.3) is 5.91 Å². The quantitative estimate of drug-likeness (QED) is 0.758. The number of aromatic amines is 1. The van der Waals surface area contributed by atoms with E-state index < -0.39 is 0 Å². The number of aromatic nitrogens is 2. The SMILES string of the molecule is Cc1cnc(C(=O)NCCCCC2CCCO2)[nH]1. The maximum absolute atomic E-state index is 11.6. The van der Waals surface area contributed by atoms with E-state index in [-0.39, 0.29) is 5.91 Å². The van der Waals surface area contributed by atoms with Crippen LogP contribution in [0.25, 0.3) is 0 Å². The second kappa shape index (κ2) is 6.54. The molecule has 2 heterocycles. The number of carbonyl (C=O) groups is 1. The lowest BCUT2D eigenvalue weighted by molar-refractivity contribution is 0.0938. The first kappa shape index (κ1) is 13.1. The van der Waals surface area contributed by atoms with Crippen molar-refractivity contribution in [3.8, 4) is 0 Å². The summed E-state index contributed by atoms with van der Waals surface area (Å²) in [7, 11) is 0. The largest absolute Gasteiger partial charge is 0.378 e. The first-order valence-electron chi connectivity index (χ1n) is 6.67. The highest BCUT2D eigenvalue weighted by molar-refractivity contribution is 5.90. The van der Waals surface area contributed by atoms with E-state index in [1.54, 1.807) is 6.20 Å². The van der Waals surface area contributed by atoms with E-state index in [4.69, 9.17) is 4.74 Å². The van der Waals surface area contributed by atoms with Crippen molar-refractivity contribution in [3.05, 3.63) is 17.7 Å². The Morgan fingerprint density at radius 2 is 2.50 bits per heavy atom. The van der Waals surface area contributed by atoms with Crippen molar-refractivity contribution in [2.45, 2.75) is 45.1 Å². The number of carbonyl (C=O) groups excluding carboxylic acids is 1. The Kier molecular flexibility index (Phi) is 4.75. The Bertz CT molecular complexity index is 383. The normalized spacial score (nSPS) is 19.1. The van der Waals surface area contributed by atoms with Crippen LogP contribution in [0.15, 0.2) is 6.20 Å². The molecule has 0 spiro atoms. The monoisotopic (exact) mass is 251 g/mol. The second-order valence-corrected chi connectivity index (χ2v) is 4.80. The van der Waals surface area contributed by atoms with Crippen LogP contribution in [0, 0.1) is 6.92 Å². The fourth-order valence-electron chi connectivity index (χ4n) is 2.18. The van der Waals surface area contributed by atoms with Gasteiger partial charge in [0.1, 0.15) is 0 Å². The van der Waals surface area contributed by atoms with Gasteiger partial charge in [-0.05, 0) is 39.0 Å². The van der Waals surface area contributed by atoms with Crippen molar-refractivity contribution >= 4 is 5.91 Å². The highest BCUT2D eigenvalue weighted by atomic mass is 16.5. The van der Waals surface area contributed by atoms with Gasteiger partial charge in [0, 0.05) is 25.0 Å². The summed E-state index contributed by atoms with van der Waals surface area (Å²) in [5, 5.41) is 2.86. The summed E-state index contributed by atoms with van der Waals surface area (Å²) in [6.07, 6.45) is 7.70. The first-order chi connectivity index (χ1) is 8.75. The molecule has 1 unspecified atom stereocenters. The fraction of sp³-hybridized carbons (Fsp3) is 0.692. The van der Waals surface area contributed by atoms with Gasteiger partial charge in [0.15, 0.2) is 5.82 Å². The number of imidazole rings is 1. The lowest BCUT2D eigenvalue weighted by Gasteiger charge is -2.08. The molecule has 1 saturated heterocycles. The first-order valence-corrected chi connectivity index (χ1v) is 6.67. The van der Waals surface area contributed by atoms with Gasteiger partial charge >= 0.3 is 0 Å². The maximum Gasteiger partial charge on any atom is 0.287 e. The average Bonchev–Trinajstić information content (AvgIpc) is 2.99. The zero-order valence-electron chi connectivity index (χ0n) is 10.9. The highest BCUT2D eigenvalue weighted by Crippen LogP contribution is 2.17. The van der Waals surface area contributed by atoms with Gasteiger partial charge in [0.2, 0.25) is 0 Å². The predicted molar refractivity (Wildman–Crippen MR) is 68.5 cm³/mol. The van der Waals surface area contributed by atoms with Gasteiger partial charge in [-0.25, -0.2) is 4.98 Å². The zero-order valence-corrected chi connectivity index (χ0v) is 10.9. The number of nitrogens with one attached hydrogen (secondary N) is 2. The van der Waals surface area contributed by atoms with Crippen LogP contribution in [0.3, 0.4) is 0 Å². The van der Waals surface area contributed by atoms with Crippen LogP contribution >= 0.6 is 0 Å². The number of ether oxygens (including phenoxy) is 1. The zero-order chi connectivity index (χ0) is 12.8. The van der Waals surface area contributed by atoms with Crippen molar-refractivity contribution in [3.63, 3.8) is 0 Å². The number of amides is 1. The number of hydrogen-bond donors (Lipinski definition) is 2. The van der Waals surface area contributed by atoms with E-state index in [2.05, 4.69) is 15.3 Å². The molecule has 0 aliphatic carbocycles. The number of unbranched alkanes of at least 4 members (excludes halogenated alkanes) is 1. The molecule has 2 rings (SSSR count). The molecule has 1 aliphatic heterocycles. The molecule has 0 bridgehead atoms. The van der Waals surface area contributed by atoms with Gasteiger partial charge in [-0.2, -0.15) is 0 Å². The molecule has 5 heteroatoms. The molecule has 2 N–H and O–H groups in total. The minimum atomic E-state index is -0.125. The third-order valence-electron chi connectivity index (χ3n) is 3.18. The van der Waals surface area contributed by atoms with Crippen LogP contribution in [0.2, 0.25) is 0 Å². The molecule has 1 aromatic heterocycles. The van der Waals surface area contributed by atoms with Crippen molar-refractivity contribution in [1.29, 1.82) is 0 Å². The molecular formula is C13H21N3O2. The molecule has 18 heavy (non-hydrogen) atoms. The second-order valence-electron chi connectivity index (χ2n) is 4.80. The summed E-state index contributed by atoms with van der Waals surface area (Å²) in [6, 6.07) is 0. The smallest absolute Gasteiger partial charge is 0.287 e. The molecule has 0 radical (unpaired) electrons. The van der Waals surface area contributed by atoms with Crippen molar-refractivity contribution in [1.82, 2.24) is 15.3 Å². The maximum atomic E-state index is 11.6. The van der Waals surface area contributed by atoms with Gasteiger partial charge in [-0.1, -0.05) is 0 Å². The molecule has 1 atom stereocenters. The average molecular weight is 251 g/mol. The third kappa shape index (κ3) is 3.84. The van der Waals surface area contributed by atoms with Gasteiger partial charge in [-0.15, -0.1) is 0 Å². The van der Waals surface area contributed by atoms with E-state index >= 15 is 0 Å². The molecule has 1 aliphatic rings. The lowest BCUT2D eigenvalue weighted by atomic mass is 10.1. The molecule has 0 saturated carbocycles. The Morgan fingerprint density at radius 3 is 3.17 bits per heavy atom. The summed E-state index contributed by atoms with van der Waals surface area (Å²) in [6.45, 7) is 3.50. The standard InChI is InChI=1S/C13H21N3O2/c1-10-9-15-12(16-10)13(17)14-7-3-2-5-11-6-4-8-18-11/h9,11H,2-8H2,1H3,(H,14,17)(H,15,16). The molecule has 1 aromatic rings. The molecule has 5 nitrogen and oxygen atoms in total. The lowest BCUT2D eigenvalue weighted by Crippen LogP contribution is -2.25. The summed E-state index contributed by atoms with van der Waals surface area (Å²) in [5.41, 5.74) is 0.901. The summed E-state index contributed by atoms with van der Waals surface area (Å²) >= 11 is 0. The van der Waals surface area contributed by atoms with Gasteiger partial charge in [0.05, 0.1) is 6.10 Å². The van der Waals surface area contributed by atoms with Gasteiger partial charge < -0.3 is 15.0 Å². The highest BCUT2D eigenvalue weighted by Gasteiger charge is 2.14. The van der Waals surface area contributed by atoms with E-state index in [9.17, 15) is 4.79 Å². The summed E-state index contributed by atoms with van der Waals surface area (Å²) in [4.78, 5) is 18.6. The van der Waals surface area contributed by atoms with Crippen LogP contribution < -0.4 is 5.32 Å². The molecule has 1 fully saturated rings. The number of hydrogen-bond acceptors (Lipinski definition) is 3. The van der Waals surface area contributed by atoms with Crippen LogP contribution in [0.4, 0.5) is 0 Å². The molecule has 1 amide bonds. The van der Waals surface area contributed by atoms with E-state index in [0.29, 0.717) is 18.5 Å². The molecule has 100 valence electrons. The Balaban J connectivity index is 1.56. The number of nitrogens with zero attached hydrogens (tertiary/aromatic N) is 1. The predicted octanol–water partition coefficient (Wildman–Crippen LogP) is 1.80. The van der Waals surface area contributed by atoms with Crippen LogP contribution in [0.1, 0.15) is 48.4 Å². The Labute approximate surface area is 107 Å². The van der Waals surface area contributed by atoms with Crippen LogP contribution in [-0.2, 0) is 4.74 Å². The van der Waals surface area contributed by atoms with Crippen molar-refractivity contribution in [2.24, 2.45) is 0 Å². The Morgan fingerprint density at radius 1 is 1.61 bits per heavy atom. The molecule has 0 aromatic carbocycles. The Hall–Kier alpha value is -1.36. The number of rotatable bonds is 6. The van der Waals surface area contributed by atoms with E-state index in [0.717, 1.165) is 31.6 Å². The topological polar surface area (TPSA) is 67.0 Å². The fourth-order valence-corrected chi connectivity index (χ4v) is 2.18.